The van der Waals surface area contributed by atoms with Crippen molar-refractivity contribution in [2.75, 3.05) is 0 Å². The first-order valence-corrected chi connectivity index (χ1v) is 9.88. The van der Waals surface area contributed by atoms with E-state index >= 15 is 0 Å². The number of hydrogen-bond donors (Lipinski definition) is 0. The Hall–Kier alpha value is -0.760. The third-order valence-electron chi connectivity index (χ3n) is 4.57. The van der Waals surface area contributed by atoms with Gasteiger partial charge in [0.15, 0.2) is 0 Å². The van der Waals surface area contributed by atoms with Crippen LogP contribution in [0.1, 0.15) is 85.5 Å². The minimum atomic E-state index is -0.193. The Morgan fingerprint density at radius 2 is 1.96 bits per heavy atom. The van der Waals surface area contributed by atoms with Crippen LogP contribution in [0.4, 0.5) is 0 Å². The van der Waals surface area contributed by atoms with Gasteiger partial charge in [-0.3, -0.25) is 0 Å². The van der Waals surface area contributed by atoms with Gasteiger partial charge in [-0.1, -0.05) is 38.3 Å². The van der Waals surface area contributed by atoms with E-state index in [2.05, 4.69) is 26.8 Å². The standard InChI is InChI=1S/C21H35ClO2/c1-17(12-9-15-21(3,4)22)10-8-11-18(2)16-20(23)24-19-13-6-5-7-14-19/h8,11,16-17,19H,5-7,9-10,12-15H2,1-4H3/b11-8+,18-16+. The number of ether oxygens (including phenoxy) is 1. The van der Waals surface area contributed by atoms with Crippen LogP contribution < -0.4 is 0 Å². The predicted octanol–water partition coefficient (Wildman–Crippen LogP) is 6.58. The first-order valence-electron chi connectivity index (χ1n) is 9.50. The fourth-order valence-corrected chi connectivity index (χ4v) is 3.22. The van der Waals surface area contributed by atoms with E-state index in [1.807, 2.05) is 13.0 Å². The molecule has 1 aliphatic carbocycles. The van der Waals surface area contributed by atoms with Crippen LogP contribution in [0.5, 0.6) is 0 Å². The van der Waals surface area contributed by atoms with E-state index in [0.717, 1.165) is 37.7 Å². The lowest BCUT2D eigenvalue weighted by molar-refractivity contribution is -0.144. The highest BCUT2D eigenvalue weighted by Crippen LogP contribution is 2.23. The second kappa shape index (κ2) is 11.0. The van der Waals surface area contributed by atoms with Gasteiger partial charge in [0, 0.05) is 11.0 Å². The predicted molar refractivity (Wildman–Crippen MR) is 103 cm³/mol. The van der Waals surface area contributed by atoms with Gasteiger partial charge in [0.25, 0.3) is 0 Å². The smallest absolute Gasteiger partial charge is 0.331 e. The Labute approximate surface area is 153 Å². The van der Waals surface area contributed by atoms with E-state index in [1.165, 1.54) is 25.7 Å². The maximum atomic E-state index is 11.9. The summed E-state index contributed by atoms with van der Waals surface area (Å²) in [5.74, 6) is 0.448. The number of rotatable bonds is 9. The molecule has 1 fully saturated rings. The van der Waals surface area contributed by atoms with Gasteiger partial charge in [-0.15, -0.1) is 11.6 Å². The topological polar surface area (TPSA) is 26.3 Å². The molecule has 1 rings (SSSR count). The highest BCUT2D eigenvalue weighted by atomic mass is 35.5. The molecule has 24 heavy (non-hydrogen) atoms. The summed E-state index contributed by atoms with van der Waals surface area (Å²) in [6, 6.07) is 0. The minimum absolute atomic E-state index is 0.0897. The van der Waals surface area contributed by atoms with Crippen molar-refractivity contribution in [3.8, 4) is 0 Å². The molecule has 1 unspecified atom stereocenters. The average Bonchev–Trinajstić information content (AvgIpc) is 2.46. The molecule has 0 spiro atoms. The van der Waals surface area contributed by atoms with Crippen LogP contribution in [0.3, 0.4) is 0 Å². The van der Waals surface area contributed by atoms with Crippen LogP contribution in [-0.2, 0) is 9.53 Å². The molecule has 0 saturated heterocycles. The van der Waals surface area contributed by atoms with Gasteiger partial charge in [0.05, 0.1) is 0 Å². The summed E-state index contributed by atoms with van der Waals surface area (Å²) in [4.78, 5) is 11.8. The van der Waals surface area contributed by atoms with Crippen LogP contribution in [0, 0.1) is 5.92 Å². The zero-order valence-electron chi connectivity index (χ0n) is 15.9. The van der Waals surface area contributed by atoms with Crippen molar-refractivity contribution in [1.82, 2.24) is 0 Å². The zero-order valence-corrected chi connectivity index (χ0v) is 16.7. The number of hydrogen-bond acceptors (Lipinski definition) is 2. The molecule has 0 N–H and O–H groups in total. The van der Waals surface area contributed by atoms with Crippen LogP contribution in [0.2, 0.25) is 0 Å². The number of allylic oxidation sites excluding steroid dienone is 3. The molecular formula is C21H35ClO2. The van der Waals surface area contributed by atoms with Gasteiger partial charge in [-0.2, -0.15) is 0 Å². The van der Waals surface area contributed by atoms with E-state index in [-0.39, 0.29) is 16.9 Å². The molecule has 0 heterocycles. The Kier molecular flexibility index (Phi) is 9.73. The van der Waals surface area contributed by atoms with E-state index in [4.69, 9.17) is 16.3 Å². The van der Waals surface area contributed by atoms with Gasteiger partial charge in [0.1, 0.15) is 6.10 Å². The van der Waals surface area contributed by atoms with Crippen molar-refractivity contribution in [1.29, 1.82) is 0 Å². The molecule has 1 aliphatic rings. The molecule has 0 aromatic rings. The zero-order chi connectivity index (χ0) is 18.0. The van der Waals surface area contributed by atoms with Crippen molar-refractivity contribution < 1.29 is 9.53 Å². The summed E-state index contributed by atoms with van der Waals surface area (Å²) in [5.41, 5.74) is 0.963. The van der Waals surface area contributed by atoms with Crippen molar-refractivity contribution in [2.45, 2.75) is 96.5 Å². The van der Waals surface area contributed by atoms with Crippen LogP contribution in [0.25, 0.3) is 0 Å². The Morgan fingerprint density at radius 1 is 1.29 bits per heavy atom. The SMILES string of the molecule is CC(/C=C/CC(C)CCCC(C)(C)Cl)=C\C(=O)OC1CCCCC1. The van der Waals surface area contributed by atoms with Crippen LogP contribution in [0.15, 0.2) is 23.8 Å². The number of halogens is 1. The molecule has 0 aromatic carbocycles. The van der Waals surface area contributed by atoms with E-state index in [1.54, 1.807) is 6.08 Å². The molecule has 0 aliphatic heterocycles. The third kappa shape index (κ3) is 10.9. The fraction of sp³-hybridized carbons (Fsp3) is 0.762. The summed E-state index contributed by atoms with van der Waals surface area (Å²) in [5, 5.41) is 0. The summed E-state index contributed by atoms with van der Waals surface area (Å²) in [6.45, 7) is 8.36. The minimum Gasteiger partial charge on any atom is -0.459 e. The van der Waals surface area contributed by atoms with Crippen LogP contribution in [-0.4, -0.2) is 16.9 Å². The Bertz CT molecular complexity index is 426. The first-order chi connectivity index (χ1) is 11.3. The largest absolute Gasteiger partial charge is 0.459 e. The van der Waals surface area contributed by atoms with Crippen molar-refractivity contribution >= 4 is 17.6 Å². The molecule has 1 saturated carbocycles. The van der Waals surface area contributed by atoms with Gasteiger partial charge in [0.2, 0.25) is 0 Å². The van der Waals surface area contributed by atoms with Crippen molar-refractivity contribution in [2.24, 2.45) is 5.92 Å². The van der Waals surface area contributed by atoms with Crippen LogP contribution >= 0.6 is 11.6 Å². The van der Waals surface area contributed by atoms with E-state index < -0.39 is 0 Å². The lowest BCUT2D eigenvalue weighted by Crippen LogP contribution is -2.19. The molecule has 0 radical (unpaired) electrons. The molecular weight excluding hydrogens is 320 g/mol. The molecule has 0 amide bonds. The highest BCUT2D eigenvalue weighted by molar-refractivity contribution is 6.23. The third-order valence-corrected chi connectivity index (χ3v) is 4.76. The number of esters is 1. The van der Waals surface area contributed by atoms with Crippen molar-refractivity contribution in [3.63, 3.8) is 0 Å². The molecule has 138 valence electrons. The second-order valence-electron chi connectivity index (χ2n) is 7.94. The molecule has 2 nitrogen and oxygen atoms in total. The van der Waals surface area contributed by atoms with Gasteiger partial charge < -0.3 is 4.74 Å². The van der Waals surface area contributed by atoms with Crippen molar-refractivity contribution in [3.05, 3.63) is 23.8 Å². The monoisotopic (exact) mass is 354 g/mol. The van der Waals surface area contributed by atoms with E-state index in [9.17, 15) is 4.79 Å². The summed E-state index contributed by atoms with van der Waals surface area (Å²) in [6.07, 6.45) is 16.0. The quantitative estimate of drug-likeness (QED) is 0.202. The summed E-state index contributed by atoms with van der Waals surface area (Å²) >= 11 is 6.22. The summed E-state index contributed by atoms with van der Waals surface area (Å²) in [7, 11) is 0. The Morgan fingerprint density at radius 3 is 2.58 bits per heavy atom. The lowest BCUT2D eigenvalue weighted by Gasteiger charge is -2.21. The number of alkyl halides is 1. The van der Waals surface area contributed by atoms with Gasteiger partial charge in [-0.25, -0.2) is 4.79 Å². The normalized spacial score (nSPS) is 18.8. The second-order valence-corrected chi connectivity index (χ2v) is 8.96. The highest BCUT2D eigenvalue weighted by Gasteiger charge is 2.16. The molecule has 3 heteroatoms. The molecule has 0 aromatic heterocycles. The maximum Gasteiger partial charge on any atom is 0.331 e. The summed E-state index contributed by atoms with van der Waals surface area (Å²) < 4.78 is 5.51. The number of carbonyl (C=O) groups is 1. The number of carbonyl (C=O) groups excluding carboxylic acids is 1. The Balaban J connectivity index is 2.25. The average molecular weight is 355 g/mol. The fourth-order valence-electron chi connectivity index (χ4n) is 3.09. The van der Waals surface area contributed by atoms with Gasteiger partial charge >= 0.3 is 5.97 Å². The molecule has 1 atom stereocenters. The van der Waals surface area contributed by atoms with Gasteiger partial charge in [-0.05, 0) is 70.8 Å². The lowest BCUT2D eigenvalue weighted by atomic mass is 9.96. The van der Waals surface area contributed by atoms with E-state index in [0.29, 0.717) is 5.92 Å². The molecule has 0 bridgehead atoms. The first kappa shape index (κ1) is 21.3. The maximum absolute atomic E-state index is 11.9.